The van der Waals surface area contributed by atoms with E-state index in [1.807, 2.05) is 99.6 Å². The summed E-state index contributed by atoms with van der Waals surface area (Å²) in [5.41, 5.74) is 2.73. The van der Waals surface area contributed by atoms with Gasteiger partial charge in [0.25, 0.3) is 7.37 Å². The van der Waals surface area contributed by atoms with Crippen molar-refractivity contribution in [1.82, 2.24) is 4.98 Å². The van der Waals surface area contributed by atoms with Crippen LogP contribution in [0.4, 0.5) is 11.4 Å². The lowest BCUT2D eigenvalue weighted by Gasteiger charge is -2.31. The van der Waals surface area contributed by atoms with Gasteiger partial charge in [-0.3, -0.25) is 9.55 Å². The molecule has 0 saturated heterocycles. The first kappa shape index (κ1) is 21.1. The van der Waals surface area contributed by atoms with Crippen LogP contribution in [0.3, 0.4) is 0 Å². The third-order valence-electron chi connectivity index (χ3n) is 4.51. The molecule has 0 saturated carbocycles. The summed E-state index contributed by atoms with van der Waals surface area (Å²) in [6, 6.07) is 21.3. The van der Waals surface area contributed by atoms with Gasteiger partial charge >= 0.3 is 0 Å². The third kappa shape index (κ3) is 5.06. The molecule has 0 unspecified atom stereocenters. The average Bonchev–Trinajstić information content (AvgIpc) is 2.73. The van der Waals surface area contributed by atoms with E-state index in [1.54, 1.807) is 12.4 Å². The Labute approximate surface area is 173 Å². The van der Waals surface area contributed by atoms with Gasteiger partial charge in [-0.1, -0.05) is 24.3 Å². The van der Waals surface area contributed by atoms with Crippen molar-refractivity contribution < 1.29 is 9.09 Å². The quantitative estimate of drug-likeness (QED) is 0.513. The highest BCUT2D eigenvalue weighted by Gasteiger charge is 2.39. The molecule has 1 N–H and O–H groups in total. The van der Waals surface area contributed by atoms with Crippen LogP contribution < -0.4 is 15.5 Å². The molecule has 0 aliphatic heterocycles. The average molecular weight is 409 g/mol. The minimum absolute atomic E-state index is 0.203. The first-order chi connectivity index (χ1) is 13.9. The Hall–Kier alpha value is -2.62. The number of para-hydroxylation sites is 1. The fourth-order valence-electron chi connectivity index (χ4n) is 3.14. The fourth-order valence-corrected chi connectivity index (χ4v) is 5.73. The van der Waals surface area contributed by atoms with Crippen LogP contribution in [0, 0.1) is 0 Å². The third-order valence-corrected chi connectivity index (χ3v) is 7.37. The number of hydrogen-bond donors (Lipinski definition) is 1. The fraction of sp³-hybridized carbons (Fsp3) is 0.261. The Morgan fingerprint density at radius 2 is 1.66 bits per heavy atom. The van der Waals surface area contributed by atoms with E-state index in [0.717, 1.165) is 16.9 Å². The predicted molar refractivity (Wildman–Crippen MR) is 121 cm³/mol. The molecule has 6 heteroatoms. The minimum Gasteiger partial charge on any atom is -0.378 e. The summed E-state index contributed by atoms with van der Waals surface area (Å²) in [6.07, 6.45) is 3.25. The van der Waals surface area contributed by atoms with Crippen molar-refractivity contribution in [2.45, 2.75) is 25.7 Å². The van der Waals surface area contributed by atoms with Gasteiger partial charge in [-0.25, -0.2) is 0 Å². The molecule has 1 heterocycles. The number of nitrogens with one attached hydrogen (secondary N) is 1. The number of rotatable bonds is 8. The molecule has 3 aromatic rings. The predicted octanol–water partition coefficient (Wildman–Crippen LogP) is 5.29. The maximum absolute atomic E-state index is 14.5. The van der Waals surface area contributed by atoms with Crippen LogP contribution in [-0.4, -0.2) is 25.2 Å². The van der Waals surface area contributed by atoms with Crippen LogP contribution in [0.2, 0.25) is 0 Å². The monoisotopic (exact) mass is 409 g/mol. The van der Waals surface area contributed by atoms with Gasteiger partial charge in [-0.05, 0) is 56.3 Å². The largest absolute Gasteiger partial charge is 0.378 e. The van der Waals surface area contributed by atoms with Crippen LogP contribution in [0.15, 0.2) is 79.1 Å². The SMILES string of the molecule is CC(C)O[P@@](=O)(c1ccc(N(C)C)cc1)[C@@H](Nc1ccccc1)c1cccnc1. The second-order valence-corrected chi connectivity index (χ2v) is 9.80. The summed E-state index contributed by atoms with van der Waals surface area (Å²) >= 11 is 0. The van der Waals surface area contributed by atoms with Crippen molar-refractivity contribution in [1.29, 1.82) is 0 Å². The molecule has 152 valence electrons. The molecule has 3 rings (SSSR count). The van der Waals surface area contributed by atoms with Crippen molar-refractivity contribution in [2.75, 3.05) is 24.3 Å². The first-order valence-electron chi connectivity index (χ1n) is 9.68. The molecule has 0 aliphatic rings. The van der Waals surface area contributed by atoms with E-state index < -0.39 is 13.2 Å². The van der Waals surface area contributed by atoms with Gasteiger partial charge in [0.05, 0.1) is 6.10 Å². The molecular weight excluding hydrogens is 381 g/mol. The van der Waals surface area contributed by atoms with Crippen molar-refractivity contribution >= 4 is 24.0 Å². The maximum Gasteiger partial charge on any atom is 0.258 e. The van der Waals surface area contributed by atoms with E-state index in [-0.39, 0.29) is 6.10 Å². The number of anilines is 2. The van der Waals surface area contributed by atoms with Gasteiger partial charge in [0.15, 0.2) is 0 Å². The highest BCUT2D eigenvalue weighted by molar-refractivity contribution is 7.67. The highest BCUT2D eigenvalue weighted by Crippen LogP contribution is 2.59. The summed E-state index contributed by atoms with van der Waals surface area (Å²) in [5, 5.41) is 4.11. The van der Waals surface area contributed by atoms with Crippen LogP contribution >= 0.6 is 7.37 Å². The lowest BCUT2D eigenvalue weighted by Crippen LogP contribution is -2.23. The number of benzene rings is 2. The zero-order valence-electron chi connectivity index (χ0n) is 17.3. The van der Waals surface area contributed by atoms with E-state index in [9.17, 15) is 4.57 Å². The Balaban J connectivity index is 2.11. The number of hydrogen-bond acceptors (Lipinski definition) is 5. The molecule has 0 bridgehead atoms. The summed E-state index contributed by atoms with van der Waals surface area (Å²) in [4.78, 5) is 6.26. The van der Waals surface area contributed by atoms with E-state index in [0.29, 0.717) is 5.30 Å². The zero-order chi connectivity index (χ0) is 20.9. The van der Waals surface area contributed by atoms with Crippen LogP contribution in [0.1, 0.15) is 25.2 Å². The zero-order valence-corrected chi connectivity index (χ0v) is 18.2. The van der Waals surface area contributed by atoms with E-state index in [2.05, 4.69) is 10.3 Å². The Morgan fingerprint density at radius 3 is 2.21 bits per heavy atom. The molecule has 0 spiro atoms. The molecular formula is C23H28N3O2P. The topological polar surface area (TPSA) is 54.5 Å². The van der Waals surface area contributed by atoms with Gasteiger partial charge in [0.1, 0.15) is 5.78 Å². The van der Waals surface area contributed by atoms with Gasteiger partial charge in [0.2, 0.25) is 0 Å². The number of nitrogens with zero attached hydrogens (tertiary/aromatic N) is 2. The van der Waals surface area contributed by atoms with Gasteiger partial charge in [0, 0.05) is 48.7 Å². The van der Waals surface area contributed by atoms with Crippen molar-refractivity contribution in [3.8, 4) is 0 Å². The molecule has 0 fully saturated rings. The van der Waals surface area contributed by atoms with E-state index in [1.165, 1.54) is 0 Å². The van der Waals surface area contributed by atoms with Crippen LogP contribution in [-0.2, 0) is 9.09 Å². The van der Waals surface area contributed by atoms with Crippen molar-refractivity contribution in [3.63, 3.8) is 0 Å². The second kappa shape index (κ2) is 9.25. The molecule has 0 radical (unpaired) electrons. The Kier molecular flexibility index (Phi) is 6.73. The number of aromatic nitrogens is 1. The highest BCUT2D eigenvalue weighted by atomic mass is 31.2. The maximum atomic E-state index is 14.5. The Bertz CT molecular complexity index is 945. The van der Waals surface area contributed by atoms with Crippen molar-refractivity contribution in [3.05, 3.63) is 84.7 Å². The van der Waals surface area contributed by atoms with Gasteiger partial charge in [-0.2, -0.15) is 0 Å². The van der Waals surface area contributed by atoms with Crippen LogP contribution in [0.5, 0.6) is 0 Å². The first-order valence-corrected chi connectivity index (χ1v) is 11.4. The van der Waals surface area contributed by atoms with E-state index in [4.69, 9.17) is 4.52 Å². The summed E-state index contributed by atoms with van der Waals surface area (Å²) in [6.45, 7) is 3.81. The summed E-state index contributed by atoms with van der Waals surface area (Å²) in [5.74, 6) is -0.564. The molecule has 2 aromatic carbocycles. The molecule has 5 nitrogen and oxygen atoms in total. The molecule has 29 heavy (non-hydrogen) atoms. The summed E-state index contributed by atoms with van der Waals surface area (Å²) < 4.78 is 20.6. The van der Waals surface area contributed by atoms with Gasteiger partial charge in [-0.15, -0.1) is 0 Å². The molecule has 0 amide bonds. The molecule has 2 atom stereocenters. The lowest BCUT2D eigenvalue weighted by atomic mass is 10.2. The lowest BCUT2D eigenvalue weighted by molar-refractivity contribution is 0.245. The van der Waals surface area contributed by atoms with Crippen molar-refractivity contribution in [2.24, 2.45) is 0 Å². The second-order valence-electron chi connectivity index (χ2n) is 7.36. The van der Waals surface area contributed by atoms with E-state index >= 15 is 0 Å². The van der Waals surface area contributed by atoms with Crippen LogP contribution in [0.25, 0.3) is 0 Å². The minimum atomic E-state index is -3.35. The normalized spacial score (nSPS) is 14.2. The Morgan fingerprint density at radius 1 is 0.966 bits per heavy atom. The van der Waals surface area contributed by atoms with Gasteiger partial charge < -0.3 is 14.7 Å². The standard InChI is InChI=1S/C23H28N3O2P/c1-18(2)28-29(27,22-14-12-21(13-15-22)26(3)4)23(19-9-8-16-24-17-19)25-20-10-6-5-7-11-20/h5-18,23,25H,1-4H3/t23-,29+/m1/s1. The number of pyridine rings is 1. The smallest absolute Gasteiger partial charge is 0.258 e. The summed E-state index contributed by atoms with van der Waals surface area (Å²) in [7, 11) is 0.616. The molecule has 1 aromatic heterocycles. The molecule has 0 aliphatic carbocycles.